The number of benzene rings is 1. The van der Waals surface area contributed by atoms with Gasteiger partial charge in [-0.05, 0) is 19.1 Å². The summed E-state index contributed by atoms with van der Waals surface area (Å²) in [6, 6.07) is 3.89. The SMILES string of the molecule is CC(=O)OC[C@@H]1O[C@H](Oc2ccc(C(=O)Cc3csc(C)n3)c(O)c2)[C@H](OC(C)=O)[C@@H](OC(C)=O)[C@@H]1OC(C)=O. The van der Waals surface area contributed by atoms with Gasteiger partial charge in [0.25, 0.3) is 0 Å². The van der Waals surface area contributed by atoms with Gasteiger partial charge in [0.15, 0.2) is 18.0 Å². The second-order valence-corrected chi connectivity index (χ2v) is 9.88. The molecule has 0 aliphatic carbocycles. The largest absolute Gasteiger partial charge is 0.507 e. The standard InChI is InChI=1S/C26H29NO12S/c1-12-27-17(11-40-12)8-20(32)19-7-6-18(9-21(19)33)38-26-25(37-16(5)31)24(36-15(4)30)23(35-14(3)29)22(39-26)10-34-13(2)28/h6-7,9,11,22-26,33H,8,10H2,1-5H3/t22-,23+,24-,25+,26-/m0/s1. The summed E-state index contributed by atoms with van der Waals surface area (Å²) in [5, 5.41) is 13.1. The number of phenolic OH excluding ortho intramolecular Hbond substituents is 1. The smallest absolute Gasteiger partial charge is 0.303 e. The molecule has 1 fully saturated rings. The lowest BCUT2D eigenvalue weighted by Gasteiger charge is -2.43. The van der Waals surface area contributed by atoms with Crippen LogP contribution in [-0.2, 0) is 49.3 Å². The number of nitrogens with zero attached hydrogens (tertiary/aromatic N) is 1. The summed E-state index contributed by atoms with van der Waals surface area (Å²) in [5.41, 5.74) is 0.601. The van der Waals surface area contributed by atoms with Gasteiger partial charge in [-0.1, -0.05) is 0 Å². The highest BCUT2D eigenvalue weighted by atomic mass is 32.1. The predicted molar refractivity (Wildman–Crippen MR) is 136 cm³/mol. The van der Waals surface area contributed by atoms with Gasteiger partial charge in [-0.25, -0.2) is 4.98 Å². The number of thiazole rings is 1. The molecule has 0 radical (unpaired) electrons. The zero-order valence-corrected chi connectivity index (χ0v) is 23.2. The fraction of sp³-hybridized carbons (Fsp3) is 0.462. The first-order valence-corrected chi connectivity index (χ1v) is 13.0. The summed E-state index contributed by atoms with van der Waals surface area (Å²) in [7, 11) is 0. The molecule has 5 atom stereocenters. The lowest BCUT2D eigenvalue weighted by molar-refractivity contribution is -0.288. The number of aryl methyl sites for hydroxylation is 1. The minimum Gasteiger partial charge on any atom is -0.507 e. The summed E-state index contributed by atoms with van der Waals surface area (Å²) in [4.78, 5) is 64.2. The second-order valence-electron chi connectivity index (χ2n) is 8.82. The Morgan fingerprint density at radius 1 is 0.925 bits per heavy atom. The molecule has 1 aromatic carbocycles. The van der Waals surface area contributed by atoms with E-state index in [1.54, 1.807) is 5.38 Å². The maximum atomic E-state index is 12.7. The van der Waals surface area contributed by atoms with Gasteiger partial charge in [0, 0.05) is 39.1 Å². The number of ether oxygens (including phenoxy) is 6. The van der Waals surface area contributed by atoms with Crippen molar-refractivity contribution in [2.45, 2.75) is 71.7 Å². The number of phenols is 1. The Morgan fingerprint density at radius 2 is 1.55 bits per heavy atom. The van der Waals surface area contributed by atoms with Crippen molar-refractivity contribution in [3.8, 4) is 11.5 Å². The Kier molecular flexibility index (Phi) is 10.2. The molecule has 0 amide bonds. The van der Waals surface area contributed by atoms with Gasteiger partial charge < -0.3 is 33.5 Å². The quantitative estimate of drug-likeness (QED) is 0.246. The van der Waals surface area contributed by atoms with Crippen LogP contribution >= 0.6 is 11.3 Å². The zero-order valence-electron chi connectivity index (χ0n) is 22.4. The number of hydrogen-bond acceptors (Lipinski definition) is 14. The molecule has 14 heteroatoms. The molecule has 1 aromatic heterocycles. The van der Waals surface area contributed by atoms with E-state index in [0.717, 1.165) is 38.8 Å². The fourth-order valence-corrected chi connectivity index (χ4v) is 4.60. The number of Topliss-reactive ketones (excluding diaryl/α,β-unsaturated/α-hetero) is 1. The van der Waals surface area contributed by atoms with Crippen LogP contribution in [0.3, 0.4) is 0 Å². The van der Waals surface area contributed by atoms with E-state index >= 15 is 0 Å². The Labute approximate surface area is 233 Å². The number of rotatable bonds is 10. The van der Waals surface area contributed by atoms with Gasteiger partial charge >= 0.3 is 23.9 Å². The number of esters is 4. The number of carbonyl (C=O) groups excluding carboxylic acids is 5. The van der Waals surface area contributed by atoms with E-state index < -0.39 is 61.2 Å². The number of carbonyl (C=O) groups is 5. The summed E-state index contributed by atoms with van der Waals surface area (Å²) >= 11 is 1.40. The van der Waals surface area contributed by atoms with Crippen LogP contribution in [0.1, 0.15) is 48.8 Å². The molecule has 0 bridgehead atoms. The minimum absolute atomic E-state index is 0.000507. The third-order valence-electron chi connectivity index (χ3n) is 5.48. The molecule has 2 heterocycles. The van der Waals surface area contributed by atoms with E-state index in [0.29, 0.717) is 5.69 Å². The van der Waals surface area contributed by atoms with Crippen LogP contribution < -0.4 is 4.74 Å². The predicted octanol–water partition coefficient (Wildman–Crippen LogP) is 2.04. The van der Waals surface area contributed by atoms with Crippen molar-refractivity contribution in [2.24, 2.45) is 0 Å². The van der Waals surface area contributed by atoms with Gasteiger partial charge in [-0.3, -0.25) is 24.0 Å². The molecule has 1 aliphatic rings. The van der Waals surface area contributed by atoms with Gasteiger partial charge in [-0.2, -0.15) is 0 Å². The van der Waals surface area contributed by atoms with E-state index in [2.05, 4.69) is 4.98 Å². The molecular formula is C26H29NO12S. The Bertz CT molecular complexity index is 1270. The van der Waals surface area contributed by atoms with Crippen LogP contribution in [0.5, 0.6) is 11.5 Å². The van der Waals surface area contributed by atoms with Gasteiger partial charge in [0.2, 0.25) is 12.4 Å². The fourth-order valence-electron chi connectivity index (χ4n) is 3.99. The first-order chi connectivity index (χ1) is 18.8. The van der Waals surface area contributed by atoms with Crippen LogP contribution in [0.4, 0.5) is 0 Å². The maximum absolute atomic E-state index is 12.7. The van der Waals surface area contributed by atoms with Crippen LogP contribution in [-0.4, -0.2) is 77.1 Å². The normalized spacial score (nSPS) is 22.1. The van der Waals surface area contributed by atoms with E-state index in [4.69, 9.17) is 28.4 Å². The minimum atomic E-state index is -1.49. The van der Waals surface area contributed by atoms with Crippen LogP contribution in [0.25, 0.3) is 0 Å². The molecule has 0 unspecified atom stereocenters. The molecule has 1 aliphatic heterocycles. The Balaban J connectivity index is 1.91. The molecule has 216 valence electrons. The molecule has 3 rings (SSSR count). The summed E-state index contributed by atoms with van der Waals surface area (Å²) in [5.74, 6) is -3.77. The van der Waals surface area contributed by atoms with Gasteiger partial charge in [0.1, 0.15) is 24.2 Å². The molecule has 0 saturated carbocycles. The number of hydrogen-bond donors (Lipinski definition) is 1. The third-order valence-corrected chi connectivity index (χ3v) is 6.30. The Hall–Kier alpha value is -4.04. The molecule has 1 saturated heterocycles. The van der Waals surface area contributed by atoms with Crippen molar-refractivity contribution in [2.75, 3.05) is 6.61 Å². The van der Waals surface area contributed by atoms with Crippen LogP contribution in [0.15, 0.2) is 23.6 Å². The first kappa shape index (κ1) is 30.5. The first-order valence-electron chi connectivity index (χ1n) is 12.1. The highest BCUT2D eigenvalue weighted by Gasteiger charge is 2.53. The molecule has 0 spiro atoms. The van der Waals surface area contributed by atoms with Crippen molar-refractivity contribution in [3.05, 3.63) is 39.8 Å². The van der Waals surface area contributed by atoms with Crippen molar-refractivity contribution in [1.29, 1.82) is 0 Å². The zero-order chi connectivity index (χ0) is 29.6. The highest BCUT2D eigenvalue weighted by Crippen LogP contribution is 2.33. The maximum Gasteiger partial charge on any atom is 0.303 e. The molecular weight excluding hydrogens is 550 g/mol. The van der Waals surface area contributed by atoms with E-state index in [1.165, 1.54) is 23.5 Å². The highest BCUT2D eigenvalue weighted by molar-refractivity contribution is 7.09. The summed E-state index contributed by atoms with van der Waals surface area (Å²) in [6.07, 6.45) is -6.91. The topological polar surface area (TPSA) is 174 Å². The summed E-state index contributed by atoms with van der Waals surface area (Å²) < 4.78 is 32.8. The van der Waals surface area contributed by atoms with Gasteiger partial charge in [0.05, 0.1) is 22.7 Å². The van der Waals surface area contributed by atoms with E-state index in [9.17, 15) is 29.1 Å². The van der Waals surface area contributed by atoms with Crippen LogP contribution in [0.2, 0.25) is 0 Å². The second kappa shape index (κ2) is 13.3. The number of aromatic nitrogens is 1. The van der Waals surface area contributed by atoms with Crippen molar-refractivity contribution in [3.63, 3.8) is 0 Å². The van der Waals surface area contributed by atoms with Crippen LogP contribution in [0, 0.1) is 6.92 Å². The molecule has 1 N–H and O–H groups in total. The monoisotopic (exact) mass is 579 g/mol. The van der Waals surface area contributed by atoms with Gasteiger partial charge in [-0.15, -0.1) is 11.3 Å². The average Bonchev–Trinajstić information content (AvgIpc) is 3.25. The lowest BCUT2D eigenvalue weighted by atomic mass is 9.98. The molecule has 13 nitrogen and oxygen atoms in total. The molecule has 40 heavy (non-hydrogen) atoms. The number of aromatic hydroxyl groups is 1. The Morgan fingerprint density at radius 3 is 2.10 bits per heavy atom. The van der Waals surface area contributed by atoms with Crippen molar-refractivity contribution in [1.82, 2.24) is 4.98 Å². The van der Waals surface area contributed by atoms with E-state index in [-0.39, 0.29) is 29.3 Å². The summed E-state index contributed by atoms with van der Waals surface area (Å²) in [6.45, 7) is 5.86. The van der Waals surface area contributed by atoms with E-state index in [1.807, 2.05) is 6.92 Å². The average molecular weight is 580 g/mol. The third kappa shape index (κ3) is 8.23. The lowest BCUT2D eigenvalue weighted by Crippen LogP contribution is -2.63. The van der Waals surface area contributed by atoms with Crippen molar-refractivity contribution >= 4 is 41.0 Å². The molecule has 2 aromatic rings. The van der Waals surface area contributed by atoms with Crippen molar-refractivity contribution < 1.29 is 57.5 Å². The number of ketones is 1.